The summed E-state index contributed by atoms with van der Waals surface area (Å²) in [5.74, 6) is 0.275. The number of carbonyl (C=O) groups is 1. The monoisotopic (exact) mass is 463 g/mol. The zero-order valence-electron chi connectivity index (χ0n) is 17.0. The topological polar surface area (TPSA) is 88.8 Å². The van der Waals surface area contributed by atoms with E-state index in [9.17, 15) is 4.79 Å². The molecular formula is C22H18ClN7OS. The lowest BCUT2D eigenvalue weighted by Gasteiger charge is -2.32. The van der Waals surface area contributed by atoms with Gasteiger partial charge in [0.2, 0.25) is 5.91 Å². The number of hydrogen-bond donors (Lipinski definition) is 1. The van der Waals surface area contributed by atoms with Gasteiger partial charge in [-0.1, -0.05) is 59.2 Å². The Balaban J connectivity index is 1.53. The van der Waals surface area contributed by atoms with E-state index in [2.05, 4.69) is 31.9 Å². The van der Waals surface area contributed by atoms with Gasteiger partial charge in [0.25, 0.3) is 5.95 Å². The highest BCUT2D eigenvalue weighted by Crippen LogP contribution is 2.36. The van der Waals surface area contributed by atoms with E-state index in [0.29, 0.717) is 16.1 Å². The van der Waals surface area contributed by atoms with Crippen LogP contribution in [0.25, 0.3) is 5.70 Å². The number of allylic oxidation sites excluding steroid dienone is 1. The second-order valence-electron chi connectivity index (χ2n) is 7.27. The smallest absolute Gasteiger partial charge is 0.251 e. The van der Waals surface area contributed by atoms with Crippen molar-refractivity contribution in [3.8, 4) is 0 Å². The number of benzene rings is 2. The normalized spacial score (nSPS) is 15.2. The Bertz CT molecular complexity index is 1280. The van der Waals surface area contributed by atoms with Crippen molar-refractivity contribution < 1.29 is 4.79 Å². The Morgan fingerprint density at radius 1 is 1.16 bits per heavy atom. The average Bonchev–Trinajstić information content (AvgIpc) is 3.44. The fraction of sp³-hybridized carbons (Fsp3) is 0.136. The van der Waals surface area contributed by atoms with E-state index in [1.165, 1.54) is 11.3 Å². The summed E-state index contributed by atoms with van der Waals surface area (Å²) in [7, 11) is 0. The Hall–Kier alpha value is -3.56. The number of anilines is 2. The van der Waals surface area contributed by atoms with Crippen LogP contribution in [0.5, 0.6) is 0 Å². The van der Waals surface area contributed by atoms with Crippen molar-refractivity contribution in [3.63, 3.8) is 0 Å². The summed E-state index contributed by atoms with van der Waals surface area (Å²) in [4.78, 5) is 19.0. The van der Waals surface area contributed by atoms with Crippen LogP contribution in [0, 0.1) is 6.92 Å². The van der Waals surface area contributed by atoms with E-state index < -0.39 is 0 Å². The number of thiazole rings is 1. The van der Waals surface area contributed by atoms with Gasteiger partial charge < -0.3 is 5.32 Å². The first-order chi connectivity index (χ1) is 15.6. The zero-order valence-corrected chi connectivity index (χ0v) is 18.6. The van der Waals surface area contributed by atoms with Crippen molar-refractivity contribution in [1.29, 1.82) is 0 Å². The minimum absolute atomic E-state index is 0.0348. The molecule has 0 radical (unpaired) electrons. The molecule has 0 spiro atoms. The molecule has 4 aromatic rings. The number of tetrazole rings is 1. The molecule has 1 aliphatic rings. The molecule has 3 heterocycles. The molecule has 0 aliphatic carbocycles. The highest BCUT2D eigenvalue weighted by Gasteiger charge is 2.32. The number of nitrogens with zero attached hydrogens (tertiary/aromatic N) is 6. The molecule has 2 aromatic heterocycles. The Kier molecular flexibility index (Phi) is 5.42. The molecule has 0 fully saturated rings. The largest absolute Gasteiger partial charge is 0.300 e. The molecule has 0 saturated carbocycles. The number of aromatic nitrogens is 5. The van der Waals surface area contributed by atoms with Crippen molar-refractivity contribution in [2.75, 3.05) is 16.8 Å². The van der Waals surface area contributed by atoms with Crippen molar-refractivity contribution >= 4 is 45.6 Å². The van der Waals surface area contributed by atoms with Crippen LogP contribution in [0.4, 0.5) is 11.1 Å². The molecule has 1 N–H and O–H groups in total. The molecule has 1 amide bonds. The summed E-state index contributed by atoms with van der Waals surface area (Å²) in [5.41, 5.74) is 3.65. The number of fused-ring (bicyclic) bond motifs is 1. The summed E-state index contributed by atoms with van der Waals surface area (Å²) in [6, 6.07) is 17.2. The molecule has 2 aromatic carbocycles. The second kappa shape index (κ2) is 8.52. The van der Waals surface area contributed by atoms with Crippen LogP contribution in [0.3, 0.4) is 0 Å². The van der Waals surface area contributed by atoms with E-state index in [4.69, 9.17) is 11.6 Å². The lowest BCUT2D eigenvalue weighted by molar-refractivity contribution is -0.114. The highest BCUT2D eigenvalue weighted by atomic mass is 35.5. The minimum Gasteiger partial charge on any atom is -0.300 e. The quantitative estimate of drug-likeness (QED) is 0.477. The maximum absolute atomic E-state index is 12.9. The number of hydrogen-bond acceptors (Lipinski definition) is 7. The van der Waals surface area contributed by atoms with Gasteiger partial charge in [0.05, 0.1) is 11.4 Å². The number of nitrogens with one attached hydrogen (secondary N) is 1. The maximum Gasteiger partial charge on any atom is 0.251 e. The van der Waals surface area contributed by atoms with Crippen LogP contribution in [-0.4, -0.2) is 37.6 Å². The predicted octanol–water partition coefficient (Wildman–Crippen LogP) is 4.18. The Morgan fingerprint density at radius 3 is 2.66 bits per heavy atom. The van der Waals surface area contributed by atoms with E-state index >= 15 is 0 Å². The average molecular weight is 464 g/mol. The summed E-state index contributed by atoms with van der Waals surface area (Å²) in [5, 5.41) is 18.3. The van der Waals surface area contributed by atoms with Crippen LogP contribution in [0.15, 0.2) is 66.1 Å². The van der Waals surface area contributed by atoms with Crippen LogP contribution in [0.1, 0.15) is 22.9 Å². The maximum atomic E-state index is 12.9. The highest BCUT2D eigenvalue weighted by molar-refractivity contribution is 7.13. The minimum atomic E-state index is -0.242. The number of carbonyl (C=O) groups excluding carboxylic acids is 1. The third-order valence-electron chi connectivity index (χ3n) is 5.04. The fourth-order valence-corrected chi connectivity index (χ4v) is 4.42. The molecule has 0 unspecified atom stereocenters. The number of aryl methyl sites for hydroxylation is 1. The number of amides is 1. The van der Waals surface area contributed by atoms with Gasteiger partial charge in [0.15, 0.2) is 5.13 Å². The molecule has 5 rings (SSSR count). The Labute approximate surface area is 193 Å². The van der Waals surface area contributed by atoms with Gasteiger partial charge >= 0.3 is 0 Å². The molecule has 32 heavy (non-hydrogen) atoms. The summed E-state index contributed by atoms with van der Waals surface area (Å²) < 4.78 is 1.70. The van der Waals surface area contributed by atoms with E-state index in [-0.39, 0.29) is 18.5 Å². The van der Waals surface area contributed by atoms with Gasteiger partial charge in [0.1, 0.15) is 12.6 Å². The van der Waals surface area contributed by atoms with Gasteiger partial charge in [0, 0.05) is 10.4 Å². The van der Waals surface area contributed by atoms with E-state index in [1.807, 2.05) is 71.8 Å². The molecule has 1 atom stereocenters. The fourth-order valence-electron chi connectivity index (χ4n) is 3.59. The van der Waals surface area contributed by atoms with Crippen molar-refractivity contribution in [2.24, 2.45) is 0 Å². The molecule has 160 valence electrons. The third kappa shape index (κ3) is 4.00. The summed E-state index contributed by atoms with van der Waals surface area (Å²) in [6.45, 7) is 1.92. The second-order valence-corrected chi connectivity index (χ2v) is 8.56. The number of halogens is 1. The first-order valence-corrected chi connectivity index (χ1v) is 11.1. The third-order valence-corrected chi connectivity index (χ3v) is 6.16. The van der Waals surface area contributed by atoms with Crippen molar-refractivity contribution in [2.45, 2.75) is 13.0 Å². The molecule has 0 saturated heterocycles. The van der Waals surface area contributed by atoms with Gasteiger partial charge in [-0.05, 0) is 46.7 Å². The molecule has 0 bridgehead atoms. The molecule has 1 aliphatic heterocycles. The van der Waals surface area contributed by atoms with E-state index in [1.54, 1.807) is 4.68 Å². The lowest BCUT2D eigenvalue weighted by atomic mass is 10.0. The van der Waals surface area contributed by atoms with Crippen LogP contribution in [0.2, 0.25) is 5.02 Å². The standard InChI is InChI=1S/C22H18ClN7OS/c1-14-13-32-21(24-14)25-20(31)12-29-18(15-5-3-2-4-6-15)11-19(30-22(29)26-27-28-30)16-7-9-17(23)10-8-16/h2-11,13,19H,12H2,1H3,(H,24,25,31)/t19-/m0/s1. The zero-order chi connectivity index (χ0) is 22.1. The Morgan fingerprint density at radius 2 is 1.94 bits per heavy atom. The first-order valence-electron chi connectivity index (χ1n) is 9.88. The van der Waals surface area contributed by atoms with Crippen molar-refractivity contribution in [1.82, 2.24) is 25.2 Å². The van der Waals surface area contributed by atoms with Crippen LogP contribution >= 0.6 is 22.9 Å². The first kappa shape index (κ1) is 20.3. The molecular weight excluding hydrogens is 446 g/mol. The van der Waals surface area contributed by atoms with Crippen molar-refractivity contribution in [3.05, 3.63) is 87.9 Å². The predicted molar refractivity (Wildman–Crippen MR) is 125 cm³/mol. The lowest BCUT2D eigenvalue weighted by Crippen LogP contribution is -2.37. The van der Waals surface area contributed by atoms with Gasteiger partial charge in [-0.25, -0.2) is 4.98 Å². The summed E-state index contributed by atoms with van der Waals surface area (Å²) >= 11 is 7.47. The SMILES string of the molecule is Cc1csc(NC(=O)CN2C(c3ccccc3)=C[C@@H](c3ccc(Cl)cc3)n3nnnc32)n1. The molecule has 8 nitrogen and oxygen atoms in total. The van der Waals surface area contributed by atoms with E-state index in [0.717, 1.165) is 22.5 Å². The number of rotatable bonds is 5. The van der Waals surface area contributed by atoms with Crippen LogP contribution in [-0.2, 0) is 4.79 Å². The van der Waals surface area contributed by atoms with Gasteiger partial charge in [-0.3, -0.25) is 9.69 Å². The summed E-state index contributed by atoms with van der Waals surface area (Å²) in [6.07, 6.45) is 2.06. The van der Waals surface area contributed by atoms with Crippen LogP contribution < -0.4 is 10.2 Å². The van der Waals surface area contributed by atoms with Gasteiger partial charge in [-0.15, -0.1) is 11.3 Å². The van der Waals surface area contributed by atoms with Gasteiger partial charge in [-0.2, -0.15) is 4.68 Å². The molecule has 10 heteroatoms.